The average molecular weight is 767 g/mol. The summed E-state index contributed by atoms with van der Waals surface area (Å²) in [6.45, 7) is 0. The number of halogens is 6. The molecule has 0 bridgehead atoms. The molecule has 5 rings (SSSR count). The van der Waals surface area contributed by atoms with E-state index in [9.17, 15) is 22.8 Å². The van der Waals surface area contributed by atoms with Gasteiger partial charge in [-0.2, -0.15) is 18.3 Å². The van der Waals surface area contributed by atoms with Gasteiger partial charge in [0.05, 0.1) is 22.9 Å². The van der Waals surface area contributed by atoms with Gasteiger partial charge < -0.3 is 9.72 Å². The molecule has 1 heterocycles. The predicted octanol–water partition coefficient (Wildman–Crippen LogP) is 8.86. The van der Waals surface area contributed by atoms with Gasteiger partial charge in [0.1, 0.15) is 11.4 Å². The Kier molecular flexibility index (Phi) is 8.71. The number of benzene rings is 4. The van der Waals surface area contributed by atoms with Crippen LogP contribution in [-0.4, -0.2) is 23.1 Å². The molecule has 4 aromatic carbocycles. The number of esters is 1. The van der Waals surface area contributed by atoms with Crippen LogP contribution in [0.3, 0.4) is 0 Å². The molecule has 212 valence electrons. The van der Waals surface area contributed by atoms with Crippen LogP contribution < -0.4 is 10.2 Å². The van der Waals surface area contributed by atoms with Gasteiger partial charge in [0.25, 0.3) is 5.91 Å². The summed E-state index contributed by atoms with van der Waals surface area (Å²) >= 11 is 12.0. The number of hydrazone groups is 1. The number of carbonyl (C=O) groups is 2. The van der Waals surface area contributed by atoms with E-state index in [0.717, 1.165) is 26.6 Å². The third-order valence-electron chi connectivity index (χ3n) is 6.12. The van der Waals surface area contributed by atoms with Crippen LogP contribution in [0.25, 0.3) is 22.0 Å². The predicted molar refractivity (Wildman–Crippen MR) is 167 cm³/mol. The number of carbonyl (C=O) groups excluding carboxylic acids is 2. The summed E-state index contributed by atoms with van der Waals surface area (Å²) in [7, 11) is 0. The smallest absolute Gasteiger partial charge is 0.416 e. The number of hydrogen-bond donors (Lipinski definition) is 2. The number of H-pyrrole nitrogens is 1. The number of nitrogens with one attached hydrogen (secondary N) is 2. The lowest BCUT2D eigenvalue weighted by molar-refractivity contribution is -0.137. The van der Waals surface area contributed by atoms with Gasteiger partial charge >= 0.3 is 12.1 Å². The largest absolute Gasteiger partial charge is 0.422 e. The Morgan fingerprint density at radius 2 is 1.76 bits per heavy atom. The summed E-state index contributed by atoms with van der Waals surface area (Å²) in [5.41, 5.74) is 3.80. The van der Waals surface area contributed by atoms with Crippen molar-refractivity contribution < 1.29 is 27.5 Å². The maximum absolute atomic E-state index is 13.4. The molecule has 0 saturated heterocycles. The lowest BCUT2D eigenvalue weighted by atomic mass is 10.0. The Hall–Kier alpha value is -3.68. The van der Waals surface area contributed by atoms with Gasteiger partial charge in [0.2, 0.25) is 0 Å². The second-order valence-corrected chi connectivity index (χ2v) is 11.4. The molecule has 5 aromatic rings. The number of amides is 1. The second kappa shape index (κ2) is 12.3. The van der Waals surface area contributed by atoms with Crippen molar-refractivity contribution in [3.05, 3.63) is 120 Å². The zero-order valence-electron chi connectivity index (χ0n) is 21.1. The van der Waals surface area contributed by atoms with Gasteiger partial charge in [-0.05, 0) is 71.1 Å². The number of ether oxygens (including phenoxy) is 1. The molecule has 0 atom stereocenters. The molecule has 1 amide bonds. The molecule has 0 aliphatic carbocycles. The molecule has 0 fully saturated rings. The van der Waals surface area contributed by atoms with Gasteiger partial charge in [-0.15, -0.1) is 0 Å². The van der Waals surface area contributed by atoms with E-state index in [2.05, 4.69) is 54.0 Å². The highest BCUT2D eigenvalue weighted by Crippen LogP contribution is 2.38. The van der Waals surface area contributed by atoms with Crippen LogP contribution >= 0.6 is 50.1 Å². The van der Waals surface area contributed by atoms with Crippen molar-refractivity contribution in [2.75, 3.05) is 0 Å². The van der Waals surface area contributed by atoms with E-state index in [0.29, 0.717) is 26.7 Å². The molecule has 1 aromatic heterocycles. The molecule has 2 N–H and O–H groups in total. The highest BCUT2D eigenvalue weighted by Gasteiger charge is 2.31. The fourth-order valence-electron chi connectivity index (χ4n) is 4.21. The standard InChI is InChI=1S/C30H17BrClF3IN3O3/c31-19-11-12-24(42-29(41)16-5-3-6-18(13-16)30(33,34)35)17(14-19)15-37-39-28(40)27-25(20-7-1-2-9-22(20)32)21-8-4-10-23(36)26(21)38-27/h1-15,38H,(H,39,40). The van der Waals surface area contributed by atoms with Gasteiger partial charge in [0.15, 0.2) is 0 Å². The SMILES string of the molecule is O=C(Oc1ccc(Br)cc1C=NNC(=O)c1[nH]c2c(I)cccc2c1-c1ccccc1Cl)c1cccc(C(F)(F)F)c1. The van der Waals surface area contributed by atoms with E-state index in [-0.39, 0.29) is 22.6 Å². The van der Waals surface area contributed by atoms with Crippen LogP contribution in [0.4, 0.5) is 13.2 Å². The molecule has 0 spiro atoms. The Bertz CT molecular complexity index is 1870. The van der Waals surface area contributed by atoms with Gasteiger partial charge in [0, 0.05) is 35.1 Å². The number of aromatic amines is 1. The lowest BCUT2D eigenvalue weighted by Gasteiger charge is -2.10. The molecule has 12 heteroatoms. The summed E-state index contributed by atoms with van der Waals surface area (Å²) in [5.74, 6) is -1.51. The van der Waals surface area contributed by atoms with Crippen LogP contribution in [0.5, 0.6) is 5.75 Å². The van der Waals surface area contributed by atoms with Crippen molar-refractivity contribution in [1.29, 1.82) is 0 Å². The minimum absolute atomic E-state index is 0.0236. The zero-order chi connectivity index (χ0) is 30.0. The van der Waals surface area contributed by atoms with E-state index in [1.54, 1.807) is 24.3 Å². The van der Waals surface area contributed by atoms with Crippen molar-refractivity contribution in [1.82, 2.24) is 10.4 Å². The first kappa shape index (κ1) is 29.8. The summed E-state index contributed by atoms with van der Waals surface area (Å²) < 4.78 is 46.2. The van der Waals surface area contributed by atoms with Crippen molar-refractivity contribution >= 4 is 79.1 Å². The van der Waals surface area contributed by atoms with Crippen LogP contribution in [0.15, 0.2) is 94.5 Å². The van der Waals surface area contributed by atoms with Gasteiger partial charge in [-0.1, -0.05) is 63.9 Å². The molecular formula is C30H17BrClF3IN3O3. The summed E-state index contributed by atoms with van der Waals surface area (Å²) in [6.07, 6.45) is -3.35. The van der Waals surface area contributed by atoms with Crippen LogP contribution in [-0.2, 0) is 6.18 Å². The van der Waals surface area contributed by atoms with E-state index in [1.807, 2.05) is 30.3 Å². The summed E-state index contributed by atoms with van der Waals surface area (Å²) in [6, 6.07) is 21.4. The third kappa shape index (κ3) is 6.37. The Labute approximate surface area is 264 Å². The number of alkyl halides is 3. The molecule has 0 aliphatic heterocycles. The quantitative estimate of drug-likeness (QED) is 0.0596. The Morgan fingerprint density at radius 3 is 2.52 bits per heavy atom. The molecule has 0 saturated carbocycles. The molecule has 6 nitrogen and oxygen atoms in total. The first-order valence-electron chi connectivity index (χ1n) is 12.1. The fraction of sp³-hybridized carbons (Fsp3) is 0.0333. The number of hydrogen-bond acceptors (Lipinski definition) is 4. The summed E-state index contributed by atoms with van der Waals surface area (Å²) in [4.78, 5) is 29.2. The molecule has 0 aliphatic rings. The minimum Gasteiger partial charge on any atom is -0.422 e. The number of para-hydroxylation sites is 1. The van der Waals surface area contributed by atoms with Crippen LogP contribution in [0, 0.1) is 3.57 Å². The highest BCUT2D eigenvalue weighted by molar-refractivity contribution is 14.1. The normalized spacial score (nSPS) is 11.7. The van der Waals surface area contributed by atoms with E-state index in [4.69, 9.17) is 16.3 Å². The number of nitrogens with zero attached hydrogens (tertiary/aromatic N) is 1. The fourth-order valence-corrected chi connectivity index (χ4v) is 5.45. The Morgan fingerprint density at radius 1 is 1.00 bits per heavy atom. The van der Waals surface area contributed by atoms with Crippen LogP contribution in [0.1, 0.15) is 32.0 Å². The molecule has 42 heavy (non-hydrogen) atoms. The molecule has 0 unspecified atom stereocenters. The topological polar surface area (TPSA) is 83.5 Å². The lowest BCUT2D eigenvalue weighted by Crippen LogP contribution is -2.19. The van der Waals surface area contributed by atoms with Gasteiger partial charge in [-0.3, -0.25) is 4.79 Å². The van der Waals surface area contributed by atoms with E-state index < -0.39 is 23.6 Å². The van der Waals surface area contributed by atoms with Crippen molar-refractivity contribution in [3.63, 3.8) is 0 Å². The highest BCUT2D eigenvalue weighted by atomic mass is 127. The number of rotatable bonds is 6. The van der Waals surface area contributed by atoms with E-state index in [1.165, 1.54) is 18.3 Å². The second-order valence-electron chi connectivity index (χ2n) is 8.87. The first-order valence-corrected chi connectivity index (χ1v) is 14.4. The van der Waals surface area contributed by atoms with Crippen molar-refractivity contribution in [2.24, 2.45) is 5.10 Å². The number of aromatic nitrogens is 1. The minimum atomic E-state index is -4.61. The van der Waals surface area contributed by atoms with Crippen LogP contribution in [0.2, 0.25) is 5.02 Å². The first-order chi connectivity index (χ1) is 20.0. The van der Waals surface area contributed by atoms with Gasteiger partial charge in [-0.25, -0.2) is 10.2 Å². The average Bonchev–Trinajstić information content (AvgIpc) is 3.35. The molecular weight excluding hydrogens is 750 g/mol. The molecule has 0 radical (unpaired) electrons. The number of fused-ring (bicyclic) bond motifs is 1. The van der Waals surface area contributed by atoms with Crippen molar-refractivity contribution in [3.8, 4) is 16.9 Å². The monoisotopic (exact) mass is 765 g/mol. The van der Waals surface area contributed by atoms with Crippen molar-refractivity contribution in [2.45, 2.75) is 6.18 Å². The maximum Gasteiger partial charge on any atom is 0.416 e. The Balaban J connectivity index is 1.42. The third-order valence-corrected chi connectivity index (χ3v) is 7.84. The maximum atomic E-state index is 13.4. The summed E-state index contributed by atoms with van der Waals surface area (Å²) in [5, 5.41) is 5.33. The van der Waals surface area contributed by atoms with E-state index >= 15 is 0 Å². The zero-order valence-corrected chi connectivity index (χ0v) is 25.6.